The first-order valence-corrected chi connectivity index (χ1v) is 8.23. The van der Waals surface area contributed by atoms with Gasteiger partial charge in [0.2, 0.25) is 0 Å². The Labute approximate surface area is 121 Å². The molecule has 0 spiro atoms. The van der Waals surface area contributed by atoms with Gasteiger partial charge in [-0.1, -0.05) is 0 Å². The number of hydrogen-bond acceptors (Lipinski definition) is 3. The standard InChI is InChI=1S/C17H25N3/c18-15-1-3-19-17(10-15)20-4-2-16-13-6-11-5-12(8-13)9-14(16)7-11/h1,3,10-14,16H,2,4-9H2,(H3,18,19,20). The van der Waals surface area contributed by atoms with Crippen LogP contribution in [0, 0.1) is 29.6 Å². The van der Waals surface area contributed by atoms with Gasteiger partial charge >= 0.3 is 0 Å². The second-order valence-electron chi connectivity index (χ2n) is 7.28. The van der Waals surface area contributed by atoms with Crippen LogP contribution < -0.4 is 11.1 Å². The van der Waals surface area contributed by atoms with Crippen molar-refractivity contribution in [3.8, 4) is 0 Å². The van der Waals surface area contributed by atoms with Crippen molar-refractivity contribution in [2.24, 2.45) is 29.6 Å². The Morgan fingerprint density at radius 1 is 1.10 bits per heavy atom. The summed E-state index contributed by atoms with van der Waals surface area (Å²) in [4.78, 5) is 4.32. The third kappa shape index (κ3) is 2.27. The van der Waals surface area contributed by atoms with Gasteiger partial charge in [-0.05, 0) is 74.2 Å². The second kappa shape index (κ2) is 4.94. The van der Waals surface area contributed by atoms with Crippen LogP contribution in [0.15, 0.2) is 18.3 Å². The van der Waals surface area contributed by atoms with Gasteiger partial charge in [0.1, 0.15) is 5.82 Å². The van der Waals surface area contributed by atoms with Gasteiger partial charge in [0.05, 0.1) is 0 Å². The first-order valence-electron chi connectivity index (χ1n) is 8.23. The Bertz CT molecular complexity index is 457. The molecule has 4 bridgehead atoms. The number of aromatic nitrogens is 1. The van der Waals surface area contributed by atoms with E-state index >= 15 is 0 Å². The van der Waals surface area contributed by atoms with Gasteiger partial charge in [-0.2, -0.15) is 0 Å². The van der Waals surface area contributed by atoms with Crippen LogP contribution in [0.3, 0.4) is 0 Å². The summed E-state index contributed by atoms with van der Waals surface area (Å²) in [6.07, 6.45) is 10.7. The lowest BCUT2D eigenvalue weighted by Gasteiger charge is -2.54. The van der Waals surface area contributed by atoms with Gasteiger partial charge in [-0.3, -0.25) is 0 Å². The van der Waals surface area contributed by atoms with Crippen molar-refractivity contribution in [2.75, 3.05) is 17.6 Å². The van der Waals surface area contributed by atoms with Crippen LogP contribution in [0.4, 0.5) is 11.5 Å². The molecule has 0 amide bonds. The third-order valence-electron chi connectivity index (χ3n) is 5.99. The fraction of sp³-hybridized carbons (Fsp3) is 0.706. The van der Waals surface area contributed by atoms with E-state index in [0.717, 1.165) is 47.6 Å². The minimum absolute atomic E-state index is 0.789. The molecular formula is C17H25N3. The normalized spacial score (nSPS) is 38.1. The van der Waals surface area contributed by atoms with E-state index in [1.165, 1.54) is 32.1 Å². The summed E-state index contributed by atoms with van der Waals surface area (Å²) in [5, 5.41) is 3.45. The zero-order valence-corrected chi connectivity index (χ0v) is 12.1. The van der Waals surface area contributed by atoms with Crippen molar-refractivity contribution in [2.45, 2.75) is 38.5 Å². The van der Waals surface area contributed by atoms with Crippen LogP contribution >= 0.6 is 0 Å². The van der Waals surface area contributed by atoms with Crippen molar-refractivity contribution < 1.29 is 0 Å². The summed E-state index contributed by atoms with van der Waals surface area (Å²) in [5.74, 6) is 6.11. The molecule has 0 saturated heterocycles. The highest BCUT2D eigenvalue weighted by atomic mass is 15.0. The quantitative estimate of drug-likeness (QED) is 0.880. The molecule has 4 saturated carbocycles. The number of rotatable bonds is 4. The predicted molar refractivity (Wildman–Crippen MR) is 82.3 cm³/mol. The molecule has 108 valence electrons. The summed E-state index contributed by atoms with van der Waals surface area (Å²) in [7, 11) is 0. The van der Waals surface area contributed by atoms with Crippen molar-refractivity contribution in [3.63, 3.8) is 0 Å². The van der Waals surface area contributed by atoms with Crippen LogP contribution in [0.5, 0.6) is 0 Å². The van der Waals surface area contributed by atoms with Crippen LogP contribution in [0.25, 0.3) is 0 Å². The fourth-order valence-electron chi connectivity index (χ4n) is 5.42. The number of pyridine rings is 1. The molecule has 1 heterocycles. The van der Waals surface area contributed by atoms with Crippen molar-refractivity contribution in [3.05, 3.63) is 18.3 Å². The molecule has 4 aliphatic rings. The minimum atomic E-state index is 0.789. The Balaban J connectivity index is 1.34. The molecule has 3 nitrogen and oxygen atoms in total. The van der Waals surface area contributed by atoms with Crippen LogP contribution in [0.2, 0.25) is 0 Å². The summed E-state index contributed by atoms with van der Waals surface area (Å²) >= 11 is 0. The fourth-order valence-corrected chi connectivity index (χ4v) is 5.42. The smallest absolute Gasteiger partial charge is 0.127 e. The van der Waals surface area contributed by atoms with Gasteiger partial charge in [0.15, 0.2) is 0 Å². The molecule has 0 unspecified atom stereocenters. The number of nitrogen functional groups attached to an aromatic ring is 1. The molecule has 5 rings (SSSR count). The molecule has 0 aromatic carbocycles. The average molecular weight is 271 g/mol. The number of nitrogens with zero attached hydrogens (tertiary/aromatic N) is 1. The summed E-state index contributed by atoms with van der Waals surface area (Å²) in [5.41, 5.74) is 6.58. The number of nitrogens with two attached hydrogens (primary N) is 1. The Morgan fingerprint density at radius 2 is 1.80 bits per heavy atom. The Morgan fingerprint density at radius 3 is 2.45 bits per heavy atom. The van der Waals surface area contributed by atoms with Gasteiger partial charge in [-0.25, -0.2) is 4.98 Å². The summed E-state index contributed by atoms with van der Waals surface area (Å²) < 4.78 is 0. The molecule has 0 atom stereocenters. The summed E-state index contributed by atoms with van der Waals surface area (Å²) in [6, 6.07) is 3.76. The highest BCUT2D eigenvalue weighted by molar-refractivity contribution is 5.48. The molecule has 1 aromatic heterocycles. The van der Waals surface area contributed by atoms with Gasteiger partial charge in [0.25, 0.3) is 0 Å². The Hall–Kier alpha value is -1.25. The van der Waals surface area contributed by atoms with E-state index in [4.69, 9.17) is 5.73 Å². The third-order valence-corrected chi connectivity index (χ3v) is 5.99. The lowest BCUT2D eigenvalue weighted by Crippen LogP contribution is -2.45. The van der Waals surface area contributed by atoms with E-state index in [2.05, 4.69) is 10.3 Å². The minimum Gasteiger partial charge on any atom is -0.399 e. The molecule has 0 aliphatic heterocycles. The zero-order chi connectivity index (χ0) is 13.5. The maximum absolute atomic E-state index is 5.79. The first-order chi connectivity index (χ1) is 9.78. The van der Waals surface area contributed by atoms with E-state index in [-0.39, 0.29) is 0 Å². The monoisotopic (exact) mass is 271 g/mol. The molecule has 20 heavy (non-hydrogen) atoms. The highest BCUT2D eigenvalue weighted by Crippen LogP contribution is 2.57. The topological polar surface area (TPSA) is 50.9 Å². The van der Waals surface area contributed by atoms with E-state index in [1.54, 1.807) is 12.6 Å². The number of hydrogen-bond donors (Lipinski definition) is 2. The maximum Gasteiger partial charge on any atom is 0.127 e. The molecule has 4 fully saturated rings. The van der Waals surface area contributed by atoms with Gasteiger partial charge in [-0.15, -0.1) is 0 Å². The zero-order valence-electron chi connectivity index (χ0n) is 12.1. The maximum atomic E-state index is 5.79. The largest absolute Gasteiger partial charge is 0.399 e. The van der Waals surface area contributed by atoms with E-state index in [9.17, 15) is 0 Å². The molecule has 0 radical (unpaired) electrons. The molecular weight excluding hydrogens is 246 g/mol. The van der Waals surface area contributed by atoms with Gasteiger partial charge < -0.3 is 11.1 Å². The molecule has 3 N–H and O–H groups in total. The SMILES string of the molecule is Nc1ccnc(NCCC2C3CC4CC(C3)CC2C4)c1. The summed E-state index contributed by atoms with van der Waals surface area (Å²) in [6.45, 7) is 1.05. The molecule has 1 aromatic rings. The Kier molecular flexibility index (Phi) is 3.08. The van der Waals surface area contributed by atoms with E-state index in [1.807, 2.05) is 12.1 Å². The van der Waals surface area contributed by atoms with Crippen LogP contribution in [-0.4, -0.2) is 11.5 Å². The molecule has 4 aliphatic carbocycles. The first kappa shape index (κ1) is 12.5. The van der Waals surface area contributed by atoms with Crippen molar-refractivity contribution >= 4 is 11.5 Å². The highest BCUT2D eigenvalue weighted by Gasteiger charge is 2.47. The molecule has 3 heteroatoms. The van der Waals surface area contributed by atoms with Crippen LogP contribution in [-0.2, 0) is 0 Å². The van der Waals surface area contributed by atoms with E-state index < -0.39 is 0 Å². The van der Waals surface area contributed by atoms with Gasteiger partial charge in [0, 0.05) is 24.5 Å². The lowest BCUT2D eigenvalue weighted by molar-refractivity contribution is -0.0381. The lowest BCUT2D eigenvalue weighted by atomic mass is 9.51. The second-order valence-corrected chi connectivity index (χ2v) is 7.28. The predicted octanol–water partition coefficient (Wildman–Crippen LogP) is 3.54. The number of nitrogens with one attached hydrogen (secondary N) is 1. The van der Waals surface area contributed by atoms with Crippen LogP contribution in [0.1, 0.15) is 38.5 Å². The van der Waals surface area contributed by atoms with E-state index in [0.29, 0.717) is 0 Å². The van der Waals surface area contributed by atoms with Crippen molar-refractivity contribution in [1.82, 2.24) is 4.98 Å². The average Bonchev–Trinajstić information content (AvgIpc) is 2.41. The van der Waals surface area contributed by atoms with Crippen molar-refractivity contribution in [1.29, 1.82) is 0 Å². The number of anilines is 2.